The zero-order valence-corrected chi connectivity index (χ0v) is 14.2. The molecule has 0 unspecified atom stereocenters. The Morgan fingerprint density at radius 1 is 1.27 bits per heavy atom. The minimum Gasteiger partial charge on any atom is -0.494 e. The molecule has 0 aliphatic heterocycles. The highest BCUT2D eigenvalue weighted by molar-refractivity contribution is 7.12. The van der Waals surface area contributed by atoms with Crippen LogP contribution in [0.5, 0.6) is 5.88 Å². The van der Waals surface area contributed by atoms with Crippen LogP contribution < -0.4 is 0 Å². The first kappa shape index (κ1) is 15.9. The van der Waals surface area contributed by atoms with Crippen LogP contribution in [0, 0.1) is 16.9 Å². The fourth-order valence-corrected chi connectivity index (χ4v) is 3.63. The van der Waals surface area contributed by atoms with Gasteiger partial charge in [0.05, 0.1) is 34.9 Å². The van der Waals surface area contributed by atoms with Crippen molar-refractivity contribution < 1.29 is 5.11 Å². The highest BCUT2D eigenvalue weighted by Crippen LogP contribution is 2.44. The zero-order chi connectivity index (χ0) is 18.1. The van der Waals surface area contributed by atoms with Gasteiger partial charge < -0.3 is 9.67 Å². The lowest BCUT2D eigenvalue weighted by Gasteiger charge is -2.08. The molecule has 0 saturated carbocycles. The quantitative estimate of drug-likeness (QED) is 0.524. The normalized spacial score (nSPS) is 10.7. The molecule has 0 fully saturated rings. The topological polar surface area (TPSA) is 111 Å². The van der Waals surface area contributed by atoms with Crippen molar-refractivity contribution in [3.05, 3.63) is 59.1 Å². The van der Waals surface area contributed by atoms with E-state index in [-0.39, 0.29) is 5.88 Å². The molecule has 4 aromatic rings. The summed E-state index contributed by atoms with van der Waals surface area (Å²) >= 11 is 1.31. The Balaban J connectivity index is 1.97. The van der Waals surface area contributed by atoms with E-state index in [0.717, 1.165) is 11.1 Å². The lowest BCUT2D eigenvalue weighted by Crippen LogP contribution is -1.99. The Morgan fingerprint density at radius 3 is 2.85 bits per heavy atom. The second-order valence-corrected chi connectivity index (χ2v) is 6.46. The third-order valence-electron chi connectivity index (χ3n) is 4.13. The lowest BCUT2D eigenvalue weighted by molar-refractivity contribution is 0.430. The van der Waals surface area contributed by atoms with Gasteiger partial charge in [-0.05, 0) is 29.8 Å². The average molecular weight is 360 g/mol. The van der Waals surface area contributed by atoms with Gasteiger partial charge in [-0.1, -0.05) is 29.5 Å². The van der Waals surface area contributed by atoms with Crippen molar-refractivity contribution in [3.63, 3.8) is 0 Å². The summed E-state index contributed by atoms with van der Waals surface area (Å²) in [6.45, 7) is 0.373. The van der Waals surface area contributed by atoms with Crippen LogP contribution in [0.4, 0.5) is 5.69 Å². The van der Waals surface area contributed by atoms with E-state index in [1.54, 1.807) is 34.3 Å². The van der Waals surface area contributed by atoms with Gasteiger partial charge in [-0.2, -0.15) is 10.4 Å². The molecule has 0 radical (unpaired) electrons. The summed E-state index contributed by atoms with van der Waals surface area (Å²) in [7, 11) is 0. The molecule has 126 valence electrons. The van der Waals surface area contributed by atoms with Crippen LogP contribution in [0.2, 0.25) is 0 Å². The van der Waals surface area contributed by atoms with E-state index in [0.29, 0.717) is 33.8 Å². The van der Waals surface area contributed by atoms with Gasteiger partial charge in [0.25, 0.3) is 0 Å². The third-order valence-corrected chi connectivity index (χ3v) is 4.84. The molecule has 0 aliphatic carbocycles. The molecule has 0 amide bonds. The van der Waals surface area contributed by atoms with Gasteiger partial charge in [0.1, 0.15) is 5.51 Å². The molecule has 2 aromatic carbocycles. The van der Waals surface area contributed by atoms with Crippen molar-refractivity contribution in [1.82, 2.24) is 14.8 Å². The Hall–Kier alpha value is -3.57. The first-order chi connectivity index (χ1) is 12.7. The number of aromatic nitrogens is 3. The van der Waals surface area contributed by atoms with E-state index < -0.39 is 0 Å². The molecule has 4 rings (SSSR count). The molecule has 26 heavy (non-hydrogen) atoms. The molecule has 7 nitrogen and oxygen atoms in total. The van der Waals surface area contributed by atoms with E-state index in [1.807, 2.05) is 18.2 Å². The van der Waals surface area contributed by atoms with E-state index in [9.17, 15) is 5.11 Å². The number of nitrogens with zero attached hydrogens (tertiary/aromatic N) is 5. The van der Waals surface area contributed by atoms with Gasteiger partial charge in [-0.3, -0.25) is 0 Å². The highest BCUT2D eigenvalue weighted by Gasteiger charge is 2.23. The predicted molar refractivity (Wildman–Crippen MR) is 97.6 cm³/mol. The third kappa shape index (κ3) is 2.51. The summed E-state index contributed by atoms with van der Waals surface area (Å²) in [5.41, 5.74) is 12.2. The van der Waals surface area contributed by atoms with Crippen LogP contribution in [0.3, 0.4) is 0 Å². The van der Waals surface area contributed by atoms with Crippen LogP contribution in [-0.4, -0.2) is 19.9 Å². The summed E-state index contributed by atoms with van der Waals surface area (Å²) in [4.78, 5) is 0. The van der Waals surface area contributed by atoms with Gasteiger partial charge in [-0.15, -0.1) is 10.2 Å². The maximum Gasteiger partial charge on any atom is 0.203 e. The van der Waals surface area contributed by atoms with Crippen molar-refractivity contribution in [3.8, 4) is 22.5 Å². The molecule has 2 aromatic heterocycles. The molecule has 0 atom stereocenters. The molecule has 0 aliphatic rings. The predicted octanol–water partition coefficient (Wildman–Crippen LogP) is 4.45. The highest BCUT2D eigenvalue weighted by atomic mass is 32.1. The van der Waals surface area contributed by atoms with Gasteiger partial charge in [-0.25, -0.2) is 5.53 Å². The molecular weight excluding hydrogens is 348 g/mol. The molecule has 0 bridgehead atoms. The maximum atomic E-state index is 10.9. The zero-order valence-electron chi connectivity index (χ0n) is 13.4. The Morgan fingerprint density at radius 2 is 2.12 bits per heavy atom. The number of hydrogen-bond donors (Lipinski definition) is 2. The largest absolute Gasteiger partial charge is 0.494 e. The number of aromatic hydroxyl groups is 1. The summed E-state index contributed by atoms with van der Waals surface area (Å²) in [6, 6.07) is 14.7. The molecule has 2 heterocycles. The van der Waals surface area contributed by atoms with Crippen molar-refractivity contribution in [1.29, 1.82) is 10.8 Å². The maximum absolute atomic E-state index is 10.9. The minimum absolute atomic E-state index is 0.0372. The number of benzene rings is 2. The summed E-state index contributed by atoms with van der Waals surface area (Å²) in [6.07, 6.45) is 0. The van der Waals surface area contributed by atoms with E-state index >= 15 is 0 Å². The van der Waals surface area contributed by atoms with Crippen LogP contribution in [0.25, 0.3) is 21.5 Å². The number of hydrogen-bond acceptors (Lipinski definition) is 7. The Labute approximate surface area is 152 Å². The lowest BCUT2D eigenvalue weighted by atomic mass is 10.1. The first-order valence-electron chi connectivity index (χ1n) is 7.70. The van der Waals surface area contributed by atoms with Gasteiger partial charge in [0.15, 0.2) is 5.01 Å². The van der Waals surface area contributed by atoms with Crippen molar-refractivity contribution in [2.75, 3.05) is 0 Å². The Kier molecular flexibility index (Phi) is 3.91. The monoisotopic (exact) mass is 360 g/mol. The van der Waals surface area contributed by atoms with Crippen LogP contribution in [0.1, 0.15) is 11.1 Å². The molecule has 8 heteroatoms. The van der Waals surface area contributed by atoms with Gasteiger partial charge in [0.2, 0.25) is 5.88 Å². The summed E-state index contributed by atoms with van der Waals surface area (Å²) < 4.78 is 1.73. The van der Waals surface area contributed by atoms with Gasteiger partial charge in [0, 0.05) is 5.39 Å². The van der Waals surface area contributed by atoms with Crippen LogP contribution in [-0.2, 0) is 6.54 Å². The second-order valence-electron chi connectivity index (χ2n) is 5.62. The number of nitriles is 1. The van der Waals surface area contributed by atoms with E-state index in [2.05, 4.69) is 21.4 Å². The summed E-state index contributed by atoms with van der Waals surface area (Å²) in [5, 5.41) is 32.8. The second kappa shape index (κ2) is 6.38. The average Bonchev–Trinajstić information content (AvgIpc) is 3.29. The minimum atomic E-state index is 0.0372. The van der Waals surface area contributed by atoms with E-state index in [4.69, 9.17) is 10.8 Å². The number of rotatable bonds is 4. The molecular formula is C18H12N6OS. The first-order valence-corrected chi connectivity index (χ1v) is 8.58. The van der Waals surface area contributed by atoms with Crippen molar-refractivity contribution >= 4 is 27.9 Å². The number of nitrogens with one attached hydrogen (secondary N) is 1. The van der Waals surface area contributed by atoms with E-state index in [1.165, 1.54) is 11.3 Å². The van der Waals surface area contributed by atoms with Gasteiger partial charge >= 0.3 is 0 Å². The summed E-state index contributed by atoms with van der Waals surface area (Å²) in [5.74, 6) is 0.0372. The molecule has 2 N–H and O–H groups in total. The Bertz CT molecular complexity index is 1160. The van der Waals surface area contributed by atoms with Crippen LogP contribution in [0.15, 0.2) is 53.1 Å². The van der Waals surface area contributed by atoms with Crippen LogP contribution >= 0.6 is 11.3 Å². The number of fused-ring (bicyclic) bond motifs is 1. The molecule has 0 spiro atoms. The molecule has 0 saturated heterocycles. The standard InChI is InChI=1S/C18H12N6OS/c19-8-11-3-1-4-12(7-11)9-24-14-6-2-5-13(22-20)15(14)16(18(24)25)17-23-21-10-26-17/h1-7,10,20,25H,9H2. The smallest absolute Gasteiger partial charge is 0.203 e. The van der Waals surface area contributed by atoms with Crippen molar-refractivity contribution in [2.24, 2.45) is 5.11 Å². The SMILES string of the molecule is N#Cc1cccc(Cn2c(O)c(-c3nncs3)c3c(N=N)cccc32)c1. The fraction of sp³-hybridized carbons (Fsp3) is 0.0556. The van der Waals surface area contributed by atoms with Crippen molar-refractivity contribution in [2.45, 2.75) is 6.54 Å². The fourth-order valence-electron chi connectivity index (χ4n) is 3.03.